The van der Waals surface area contributed by atoms with Gasteiger partial charge in [-0.05, 0) is 75.6 Å². The monoisotopic (exact) mass is 1140 g/mol. The molecule has 0 bridgehead atoms. The SMILES string of the molecule is C.C.CCCCCCCCN=c1ccn(CCCCCCCCCCn2ccc(=NCCCCCCCC)cc2)cc1.CCCCCCCCNc1cc[n+](CCCCCCCCCC[n+]2ccc(NCCCCCCCC)cc2)cc1. The summed E-state index contributed by atoms with van der Waals surface area (Å²) in [5.74, 6) is 0. The van der Waals surface area contributed by atoms with Crippen LogP contribution in [0.15, 0.2) is 108 Å². The number of rotatable bonds is 52. The molecule has 0 aliphatic heterocycles. The number of anilines is 2. The average Bonchev–Trinajstić information content (AvgIpc) is 3.49. The molecule has 0 radical (unpaired) electrons. The fraction of sp³-hybridized carbons (Fsp3) is 0.730. The number of aromatic nitrogens is 4. The molecule has 4 aromatic rings. The average molecular weight is 1140 g/mol. The van der Waals surface area contributed by atoms with Crippen LogP contribution >= 0.6 is 0 Å². The van der Waals surface area contributed by atoms with Gasteiger partial charge in [-0.3, -0.25) is 9.98 Å². The minimum Gasteiger partial charge on any atom is -0.385 e. The topological polar surface area (TPSA) is 66.4 Å². The zero-order valence-electron chi connectivity index (χ0n) is 52.9. The van der Waals surface area contributed by atoms with Gasteiger partial charge in [-0.25, -0.2) is 9.13 Å². The molecule has 0 aromatic carbocycles. The zero-order valence-corrected chi connectivity index (χ0v) is 52.9. The van der Waals surface area contributed by atoms with Crippen LogP contribution in [0.4, 0.5) is 11.4 Å². The molecule has 4 rings (SSSR count). The first kappa shape index (κ1) is 75.8. The fourth-order valence-electron chi connectivity index (χ4n) is 10.6. The lowest BCUT2D eigenvalue weighted by Crippen LogP contribution is -2.32. The molecule has 82 heavy (non-hydrogen) atoms. The maximum Gasteiger partial charge on any atom is 0.170 e. The van der Waals surface area contributed by atoms with E-state index in [0.717, 1.165) is 63.1 Å². The van der Waals surface area contributed by atoms with Crippen molar-refractivity contribution in [3.8, 4) is 0 Å². The molecule has 0 amide bonds. The molecule has 468 valence electrons. The minimum atomic E-state index is 0. The molecule has 0 aliphatic rings. The van der Waals surface area contributed by atoms with E-state index in [1.807, 2.05) is 0 Å². The Morgan fingerprint density at radius 1 is 0.305 bits per heavy atom. The second kappa shape index (κ2) is 57.2. The summed E-state index contributed by atoms with van der Waals surface area (Å²) < 4.78 is 9.31. The van der Waals surface area contributed by atoms with Crippen molar-refractivity contribution in [2.45, 2.75) is 326 Å². The summed E-state index contributed by atoms with van der Waals surface area (Å²) >= 11 is 0. The van der Waals surface area contributed by atoms with E-state index < -0.39 is 0 Å². The summed E-state index contributed by atoms with van der Waals surface area (Å²) in [4.78, 5) is 9.48. The van der Waals surface area contributed by atoms with Crippen LogP contribution in [0.2, 0.25) is 0 Å². The van der Waals surface area contributed by atoms with E-state index in [4.69, 9.17) is 9.98 Å². The van der Waals surface area contributed by atoms with Crippen LogP contribution in [0, 0.1) is 0 Å². The first-order valence-corrected chi connectivity index (χ1v) is 34.4. The quantitative estimate of drug-likeness (QED) is 0.0342. The molecule has 8 heteroatoms. The van der Waals surface area contributed by atoms with Crippen molar-refractivity contribution in [1.29, 1.82) is 0 Å². The predicted octanol–water partition coefficient (Wildman–Crippen LogP) is 20.5. The van der Waals surface area contributed by atoms with Crippen LogP contribution in [0.3, 0.4) is 0 Å². The van der Waals surface area contributed by atoms with E-state index in [2.05, 4.69) is 155 Å². The maximum absolute atomic E-state index is 4.74. The number of nitrogens with zero attached hydrogens (tertiary/aromatic N) is 6. The number of nitrogens with one attached hydrogen (secondary N) is 2. The van der Waals surface area contributed by atoms with Crippen molar-refractivity contribution in [3.63, 3.8) is 0 Å². The lowest BCUT2D eigenvalue weighted by atomic mass is 10.1. The molecule has 8 nitrogen and oxygen atoms in total. The Bertz CT molecular complexity index is 1880. The Hall–Kier alpha value is -4.20. The van der Waals surface area contributed by atoms with Crippen LogP contribution in [-0.4, -0.2) is 35.3 Å². The van der Waals surface area contributed by atoms with Crippen LogP contribution < -0.4 is 30.5 Å². The second-order valence-electron chi connectivity index (χ2n) is 23.6. The van der Waals surface area contributed by atoms with E-state index in [1.165, 1.54) is 268 Å². The number of aryl methyl sites for hydroxylation is 4. The summed E-state index contributed by atoms with van der Waals surface area (Å²) in [6.45, 7) is 17.8. The highest BCUT2D eigenvalue weighted by Gasteiger charge is 2.04. The Kier molecular flexibility index (Phi) is 52.9. The highest BCUT2D eigenvalue weighted by atomic mass is 15.0. The standard InChI is InChI=1S/2C36H62N4.2CH4/c2*1-3-5-7-9-15-19-27-37-35-23-31-39(32-24-35)29-21-17-13-11-12-14-18-22-30-40-33-25-36(26-34-40)38-28-20-16-10-8-6-4-2;;/h2*23-26,31-34H,3-22,27-30H2,1-2H3;2*1H4/p+2. The second-order valence-corrected chi connectivity index (χ2v) is 23.6. The lowest BCUT2D eigenvalue weighted by Gasteiger charge is -2.07. The summed E-state index contributed by atoms with van der Waals surface area (Å²) in [5, 5.41) is 9.42. The van der Waals surface area contributed by atoms with E-state index in [-0.39, 0.29) is 14.9 Å². The van der Waals surface area contributed by atoms with Gasteiger partial charge >= 0.3 is 0 Å². The van der Waals surface area contributed by atoms with Gasteiger partial charge < -0.3 is 19.8 Å². The molecule has 4 heterocycles. The number of hydrogen-bond donors (Lipinski definition) is 2. The van der Waals surface area contributed by atoms with E-state index >= 15 is 0 Å². The van der Waals surface area contributed by atoms with Gasteiger partial charge in [-0.1, -0.05) is 235 Å². The fourth-order valence-corrected chi connectivity index (χ4v) is 10.6. The highest BCUT2D eigenvalue weighted by Crippen LogP contribution is 2.14. The molecule has 0 unspecified atom stereocenters. The molecule has 0 atom stereocenters. The first-order chi connectivity index (χ1) is 39.6. The smallest absolute Gasteiger partial charge is 0.170 e. The molecular weight excluding hydrogens is 1000 g/mol. The third-order valence-electron chi connectivity index (χ3n) is 16.0. The van der Waals surface area contributed by atoms with Gasteiger partial charge in [-0.15, -0.1) is 0 Å². The summed E-state index contributed by atoms with van der Waals surface area (Å²) in [7, 11) is 0. The van der Waals surface area contributed by atoms with Gasteiger partial charge in [0.25, 0.3) is 0 Å². The van der Waals surface area contributed by atoms with Gasteiger partial charge in [0.2, 0.25) is 0 Å². The van der Waals surface area contributed by atoms with Crippen molar-refractivity contribution < 1.29 is 9.13 Å². The van der Waals surface area contributed by atoms with E-state index in [9.17, 15) is 0 Å². The summed E-state index contributed by atoms with van der Waals surface area (Å²) in [6, 6.07) is 17.6. The van der Waals surface area contributed by atoms with Crippen LogP contribution in [0.5, 0.6) is 0 Å². The Balaban J connectivity index is 0.000000800. The largest absolute Gasteiger partial charge is 0.385 e. The molecular formula is C74H134N8+2. The zero-order chi connectivity index (χ0) is 56.7. The Morgan fingerprint density at radius 3 is 0.866 bits per heavy atom. The molecule has 0 saturated carbocycles. The molecule has 0 saturated heterocycles. The third-order valence-corrected chi connectivity index (χ3v) is 16.0. The van der Waals surface area contributed by atoms with Gasteiger partial charge in [-0.2, -0.15) is 0 Å². The van der Waals surface area contributed by atoms with Crippen LogP contribution in [0.1, 0.15) is 299 Å². The molecule has 0 aliphatic carbocycles. The lowest BCUT2D eigenvalue weighted by molar-refractivity contribution is -0.697. The molecule has 0 fully saturated rings. The normalized spacial score (nSPS) is 10.9. The van der Waals surface area contributed by atoms with Gasteiger partial charge in [0.05, 0.1) is 10.7 Å². The van der Waals surface area contributed by atoms with E-state index in [0.29, 0.717) is 0 Å². The van der Waals surface area contributed by atoms with Crippen molar-refractivity contribution in [1.82, 2.24) is 9.13 Å². The number of pyridine rings is 4. The van der Waals surface area contributed by atoms with Crippen molar-refractivity contribution in [2.75, 3.05) is 36.8 Å². The van der Waals surface area contributed by atoms with Gasteiger partial charge in [0.15, 0.2) is 24.8 Å². The Labute approximate surface area is 508 Å². The molecule has 0 spiro atoms. The molecule has 2 N–H and O–H groups in total. The summed E-state index contributed by atoms with van der Waals surface area (Å²) in [6.07, 6.45) is 71.5. The van der Waals surface area contributed by atoms with Gasteiger partial charge in [0.1, 0.15) is 13.1 Å². The first-order valence-electron chi connectivity index (χ1n) is 34.4. The van der Waals surface area contributed by atoms with Crippen LogP contribution in [-0.2, 0) is 26.2 Å². The van der Waals surface area contributed by atoms with E-state index in [1.54, 1.807) is 0 Å². The summed E-state index contributed by atoms with van der Waals surface area (Å²) in [5.41, 5.74) is 2.52. The van der Waals surface area contributed by atoms with Gasteiger partial charge in [0, 0.05) is 113 Å². The number of hydrogen-bond acceptors (Lipinski definition) is 4. The number of unbranched alkanes of at least 4 members (excludes halogenated alkanes) is 34. The van der Waals surface area contributed by atoms with Crippen molar-refractivity contribution in [2.24, 2.45) is 9.98 Å². The minimum absolute atomic E-state index is 0. The maximum atomic E-state index is 4.74. The van der Waals surface area contributed by atoms with Crippen molar-refractivity contribution >= 4 is 11.4 Å². The van der Waals surface area contributed by atoms with Crippen molar-refractivity contribution in [3.05, 3.63) is 109 Å². The highest BCUT2D eigenvalue weighted by molar-refractivity contribution is 5.40. The van der Waals surface area contributed by atoms with Crippen LogP contribution in [0.25, 0.3) is 0 Å². The predicted molar refractivity (Wildman–Crippen MR) is 361 cm³/mol. The Morgan fingerprint density at radius 2 is 0.561 bits per heavy atom. The molecule has 4 aromatic heterocycles. The third kappa shape index (κ3) is 44.3.